The largest absolute Gasteiger partial charge is 0.472 e. The van der Waals surface area contributed by atoms with E-state index < -0.39 is 0 Å². The van der Waals surface area contributed by atoms with Crippen LogP contribution in [0.15, 0.2) is 47.3 Å². The average molecular weight is 405 g/mol. The number of H-pyrrole nitrogens is 2. The molecular weight excluding hydrogens is 376 g/mol. The number of aromatic nitrogens is 3. The second-order valence-corrected chi connectivity index (χ2v) is 8.92. The third-order valence-electron chi connectivity index (χ3n) is 5.18. The van der Waals surface area contributed by atoms with Crippen LogP contribution in [0, 0.1) is 5.41 Å². The van der Waals surface area contributed by atoms with Gasteiger partial charge in [-0.3, -0.25) is 9.89 Å². The van der Waals surface area contributed by atoms with Gasteiger partial charge in [0.1, 0.15) is 5.69 Å². The van der Waals surface area contributed by atoms with E-state index in [0.29, 0.717) is 12.1 Å². The Labute approximate surface area is 176 Å². The Bertz CT molecular complexity index is 1160. The maximum atomic E-state index is 12.5. The summed E-state index contributed by atoms with van der Waals surface area (Å²) in [6.07, 6.45) is 5.09. The number of hydrogen-bond acceptors (Lipinski definition) is 3. The molecule has 0 spiro atoms. The Kier molecular flexibility index (Phi) is 5.24. The summed E-state index contributed by atoms with van der Waals surface area (Å²) in [7, 11) is 0. The van der Waals surface area contributed by atoms with E-state index in [1.807, 2.05) is 24.3 Å². The molecule has 30 heavy (non-hydrogen) atoms. The third-order valence-corrected chi connectivity index (χ3v) is 5.18. The highest BCUT2D eigenvalue weighted by atomic mass is 16.3. The molecule has 0 saturated carbocycles. The number of rotatable bonds is 6. The SMILES string of the molecule is CCc1c(-c2cc3cc(C(=O)NCc4ccoc4)ccc3[nH]2)n[nH]c1CC(C)(C)C. The first-order valence-electron chi connectivity index (χ1n) is 10.3. The summed E-state index contributed by atoms with van der Waals surface area (Å²) in [4.78, 5) is 16.0. The summed E-state index contributed by atoms with van der Waals surface area (Å²) >= 11 is 0. The number of hydrogen-bond donors (Lipinski definition) is 3. The number of carbonyl (C=O) groups excluding carboxylic acids is 1. The summed E-state index contributed by atoms with van der Waals surface area (Å²) in [5.74, 6) is -0.109. The van der Waals surface area contributed by atoms with Gasteiger partial charge in [0.25, 0.3) is 5.91 Å². The molecule has 0 aliphatic carbocycles. The number of carbonyl (C=O) groups is 1. The second kappa shape index (κ2) is 7.86. The Morgan fingerprint density at radius 1 is 1.20 bits per heavy atom. The average Bonchev–Trinajstić information content (AvgIpc) is 3.43. The molecule has 0 unspecified atom stereocenters. The van der Waals surface area contributed by atoms with Gasteiger partial charge in [0, 0.05) is 39.8 Å². The Morgan fingerprint density at radius 2 is 2.03 bits per heavy atom. The summed E-state index contributed by atoms with van der Waals surface area (Å²) in [6.45, 7) is 9.29. The molecule has 0 aliphatic rings. The van der Waals surface area contributed by atoms with Gasteiger partial charge in [-0.1, -0.05) is 27.7 Å². The van der Waals surface area contributed by atoms with Crippen molar-refractivity contribution in [3.05, 3.63) is 65.2 Å². The minimum Gasteiger partial charge on any atom is -0.472 e. The van der Waals surface area contributed by atoms with Crippen molar-refractivity contribution in [1.82, 2.24) is 20.5 Å². The normalized spacial score (nSPS) is 11.9. The van der Waals surface area contributed by atoms with E-state index in [4.69, 9.17) is 4.42 Å². The minimum atomic E-state index is -0.109. The first kappa shape index (κ1) is 20.0. The van der Waals surface area contributed by atoms with Gasteiger partial charge < -0.3 is 14.7 Å². The topological polar surface area (TPSA) is 86.7 Å². The standard InChI is InChI=1S/C24H28N4O2/c1-5-18-21(12-24(2,3)4)27-28-22(18)20-11-17-10-16(6-7-19(17)26-20)23(29)25-13-15-8-9-30-14-15/h6-11,14,26H,5,12-13H2,1-4H3,(H,25,29)(H,27,28). The van der Waals surface area contributed by atoms with Gasteiger partial charge in [-0.15, -0.1) is 0 Å². The predicted octanol–water partition coefficient (Wildman–Crippen LogP) is 5.23. The summed E-state index contributed by atoms with van der Waals surface area (Å²) in [5.41, 5.74) is 7.10. The van der Waals surface area contributed by atoms with Gasteiger partial charge in [-0.05, 0) is 48.6 Å². The molecule has 6 heteroatoms. The van der Waals surface area contributed by atoms with Crippen LogP contribution in [0.4, 0.5) is 0 Å². The van der Waals surface area contributed by atoms with Crippen molar-refractivity contribution in [2.45, 2.75) is 47.1 Å². The highest BCUT2D eigenvalue weighted by Gasteiger charge is 2.20. The van der Waals surface area contributed by atoms with E-state index >= 15 is 0 Å². The molecule has 0 radical (unpaired) electrons. The lowest BCUT2D eigenvalue weighted by atomic mass is 9.88. The Balaban J connectivity index is 1.59. The molecule has 0 atom stereocenters. The first-order valence-corrected chi connectivity index (χ1v) is 10.3. The molecule has 3 heterocycles. The monoisotopic (exact) mass is 404 g/mol. The zero-order chi connectivity index (χ0) is 21.3. The van der Waals surface area contributed by atoms with Crippen molar-refractivity contribution < 1.29 is 9.21 Å². The van der Waals surface area contributed by atoms with Crippen LogP contribution >= 0.6 is 0 Å². The molecule has 3 N–H and O–H groups in total. The van der Waals surface area contributed by atoms with E-state index in [1.165, 1.54) is 11.3 Å². The Hall–Kier alpha value is -3.28. The molecule has 1 amide bonds. The molecule has 6 nitrogen and oxygen atoms in total. The molecule has 0 fully saturated rings. The maximum absolute atomic E-state index is 12.5. The molecule has 0 bridgehead atoms. The van der Waals surface area contributed by atoms with E-state index in [1.54, 1.807) is 12.5 Å². The first-order chi connectivity index (χ1) is 14.3. The number of fused-ring (bicyclic) bond motifs is 1. The summed E-state index contributed by atoms with van der Waals surface area (Å²) in [6, 6.07) is 9.60. The molecule has 1 aromatic carbocycles. The molecule has 4 rings (SSSR count). The zero-order valence-electron chi connectivity index (χ0n) is 17.9. The quantitative estimate of drug-likeness (QED) is 0.411. The number of amides is 1. The summed E-state index contributed by atoms with van der Waals surface area (Å²) < 4.78 is 5.04. The van der Waals surface area contributed by atoms with Crippen molar-refractivity contribution in [2.75, 3.05) is 0 Å². The van der Waals surface area contributed by atoms with Crippen LogP contribution in [0.5, 0.6) is 0 Å². The van der Waals surface area contributed by atoms with Crippen molar-refractivity contribution in [3.8, 4) is 11.4 Å². The smallest absolute Gasteiger partial charge is 0.251 e. The number of nitrogens with one attached hydrogen (secondary N) is 3. The fraction of sp³-hybridized carbons (Fsp3) is 0.333. The maximum Gasteiger partial charge on any atom is 0.251 e. The lowest BCUT2D eigenvalue weighted by Crippen LogP contribution is -2.22. The van der Waals surface area contributed by atoms with Crippen LogP contribution in [-0.2, 0) is 19.4 Å². The van der Waals surface area contributed by atoms with Crippen molar-refractivity contribution in [3.63, 3.8) is 0 Å². The highest BCUT2D eigenvalue weighted by Crippen LogP contribution is 2.30. The number of nitrogens with zero attached hydrogens (tertiary/aromatic N) is 1. The number of furan rings is 1. The Morgan fingerprint density at radius 3 is 2.73 bits per heavy atom. The molecule has 0 aliphatic heterocycles. The van der Waals surface area contributed by atoms with E-state index in [9.17, 15) is 4.79 Å². The van der Waals surface area contributed by atoms with Gasteiger partial charge in [0.15, 0.2) is 0 Å². The fourth-order valence-corrected chi connectivity index (χ4v) is 3.76. The van der Waals surface area contributed by atoms with Gasteiger partial charge in [0.05, 0.1) is 18.2 Å². The highest BCUT2D eigenvalue weighted by molar-refractivity contribution is 5.99. The van der Waals surface area contributed by atoms with Gasteiger partial charge >= 0.3 is 0 Å². The number of benzene rings is 1. The molecule has 3 aromatic heterocycles. The van der Waals surface area contributed by atoms with E-state index in [2.05, 4.69) is 54.3 Å². The molecular formula is C24H28N4O2. The van der Waals surface area contributed by atoms with Gasteiger partial charge in [-0.25, -0.2) is 0 Å². The third kappa shape index (κ3) is 4.17. The van der Waals surface area contributed by atoms with Crippen LogP contribution in [0.25, 0.3) is 22.3 Å². The lowest BCUT2D eigenvalue weighted by Gasteiger charge is -2.17. The molecule has 0 saturated heterocycles. The van der Waals surface area contributed by atoms with Crippen LogP contribution < -0.4 is 5.32 Å². The predicted molar refractivity (Wildman–Crippen MR) is 118 cm³/mol. The van der Waals surface area contributed by atoms with E-state index in [-0.39, 0.29) is 11.3 Å². The molecule has 4 aromatic rings. The second-order valence-electron chi connectivity index (χ2n) is 8.92. The van der Waals surface area contributed by atoms with Gasteiger partial charge in [0.2, 0.25) is 0 Å². The lowest BCUT2D eigenvalue weighted by molar-refractivity contribution is 0.0951. The zero-order valence-corrected chi connectivity index (χ0v) is 17.9. The minimum absolute atomic E-state index is 0.109. The van der Waals surface area contributed by atoms with Crippen LogP contribution in [0.2, 0.25) is 0 Å². The van der Waals surface area contributed by atoms with E-state index in [0.717, 1.165) is 40.7 Å². The summed E-state index contributed by atoms with van der Waals surface area (Å²) in [5, 5.41) is 11.8. The molecule has 156 valence electrons. The van der Waals surface area contributed by atoms with Crippen molar-refractivity contribution in [2.24, 2.45) is 5.41 Å². The van der Waals surface area contributed by atoms with Crippen LogP contribution in [0.3, 0.4) is 0 Å². The van der Waals surface area contributed by atoms with Crippen molar-refractivity contribution >= 4 is 16.8 Å². The van der Waals surface area contributed by atoms with Crippen molar-refractivity contribution in [1.29, 1.82) is 0 Å². The van der Waals surface area contributed by atoms with Crippen LogP contribution in [0.1, 0.15) is 54.9 Å². The number of aromatic amines is 2. The van der Waals surface area contributed by atoms with Crippen LogP contribution in [-0.4, -0.2) is 21.1 Å². The fourth-order valence-electron chi connectivity index (χ4n) is 3.76. The van der Waals surface area contributed by atoms with Gasteiger partial charge in [-0.2, -0.15) is 5.10 Å².